The predicted octanol–water partition coefficient (Wildman–Crippen LogP) is 3.09. The van der Waals surface area contributed by atoms with Crippen LogP contribution in [0.3, 0.4) is 0 Å². The number of hydrogen-bond donors (Lipinski definition) is 3. The van der Waals surface area contributed by atoms with Crippen molar-refractivity contribution in [3.05, 3.63) is 45.7 Å². The summed E-state index contributed by atoms with van der Waals surface area (Å²) >= 11 is 0. The third-order valence-electron chi connectivity index (χ3n) is 5.70. The van der Waals surface area contributed by atoms with Crippen LogP contribution in [0.15, 0.2) is 29.1 Å². The molecule has 0 bridgehead atoms. The van der Waals surface area contributed by atoms with Gasteiger partial charge in [0.05, 0.1) is 22.7 Å². The molecular weight excluding hydrogens is 427 g/mol. The lowest BCUT2D eigenvalue weighted by molar-refractivity contribution is -0.137. The van der Waals surface area contributed by atoms with Gasteiger partial charge in [-0.25, -0.2) is 0 Å². The first-order chi connectivity index (χ1) is 15.1. The number of aromatic amines is 1. The number of anilines is 3. The minimum absolute atomic E-state index is 0.0394. The average Bonchev–Trinajstić information content (AvgIpc) is 2.72. The minimum atomic E-state index is -4.68. The molecule has 0 saturated carbocycles. The van der Waals surface area contributed by atoms with Crippen molar-refractivity contribution in [2.24, 2.45) is 5.92 Å². The number of fused-ring (bicyclic) bond motifs is 1. The molecule has 32 heavy (non-hydrogen) atoms. The van der Waals surface area contributed by atoms with Crippen molar-refractivity contribution in [1.82, 2.24) is 9.97 Å². The van der Waals surface area contributed by atoms with Crippen molar-refractivity contribution in [3.8, 4) is 0 Å². The second-order valence-electron chi connectivity index (χ2n) is 8.18. The number of piperidine rings is 1. The molecule has 2 aliphatic heterocycles. The molecule has 0 radical (unpaired) electrons. The fourth-order valence-electron chi connectivity index (χ4n) is 4.17. The van der Waals surface area contributed by atoms with Crippen molar-refractivity contribution in [3.63, 3.8) is 0 Å². The zero-order chi connectivity index (χ0) is 23.0. The van der Waals surface area contributed by atoms with E-state index < -0.39 is 40.7 Å². The molecule has 0 spiro atoms. The molecular formula is C21H22F3N5O3. The summed E-state index contributed by atoms with van der Waals surface area (Å²) < 4.78 is 39.8. The first-order valence-corrected chi connectivity index (χ1v) is 10.3. The quantitative estimate of drug-likeness (QED) is 0.668. The normalized spacial score (nSPS) is 21.0. The fraction of sp³-hybridized carbons (Fsp3) is 0.429. The van der Waals surface area contributed by atoms with E-state index in [4.69, 9.17) is 0 Å². The Labute approximate surface area is 181 Å². The molecule has 0 aliphatic carbocycles. The first kappa shape index (κ1) is 21.8. The summed E-state index contributed by atoms with van der Waals surface area (Å²) in [6, 6.07) is 4.52. The summed E-state index contributed by atoms with van der Waals surface area (Å²) in [5, 5.41) is 4.75. The molecule has 2 amide bonds. The summed E-state index contributed by atoms with van der Waals surface area (Å²) in [5.41, 5.74) is -2.14. The van der Waals surface area contributed by atoms with Crippen LogP contribution in [0.5, 0.6) is 0 Å². The van der Waals surface area contributed by atoms with Crippen LogP contribution in [0.1, 0.15) is 43.2 Å². The topological polar surface area (TPSA) is 107 Å². The molecule has 8 nitrogen and oxygen atoms in total. The third kappa shape index (κ3) is 4.32. The molecule has 1 saturated heterocycles. The maximum Gasteiger partial charge on any atom is 0.418 e. The van der Waals surface area contributed by atoms with Gasteiger partial charge in [-0.3, -0.25) is 19.4 Å². The predicted molar refractivity (Wildman–Crippen MR) is 112 cm³/mol. The van der Waals surface area contributed by atoms with Crippen molar-refractivity contribution in [2.45, 2.75) is 38.3 Å². The summed E-state index contributed by atoms with van der Waals surface area (Å²) in [6.07, 6.45) is -3.06. The maximum absolute atomic E-state index is 13.3. The van der Waals surface area contributed by atoms with Crippen LogP contribution in [0.2, 0.25) is 0 Å². The Hall–Kier alpha value is -3.37. The average molecular weight is 449 g/mol. The minimum Gasteiger partial charge on any atom is -0.342 e. The highest BCUT2D eigenvalue weighted by molar-refractivity contribution is 6.04. The molecule has 11 heteroatoms. The number of nitrogens with one attached hydrogen (secondary N) is 3. The molecule has 1 aromatic heterocycles. The van der Waals surface area contributed by atoms with E-state index in [1.807, 2.05) is 4.90 Å². The van der Waals surface area contributed by atoms with Crippen LogP contribution < -0.4 is 21.1 Å². The van der Waals surface area contributed by atoms with Gasteiger partial charge in [-0.1, -0.05) is 19.1 Å². The Bertz CT molecular complexity index is 1110. The lowest BCUT2D eigenvalue weighted by Crippen LogP contribution is -2.40. The van der Waals surface area contributed by atoms with Gasteiger partial charge in [0, 0.05) is 19.5 Å². The zero-order valence-corrected chi connectivity index (χ0v) is 17.3. The van der Waals surface area contributed by atoms with E-state index in [0.717, 1.165) is 25.0 Å². The number of rotatable bonds is 3. The number of benzene rings is 1. The van der Waals surface area contributed by atoms with E-state index in [-0.39, 0.29) is 17.8 Å². The smallest absolute Gasteiger partial charge is 0.342 e. The summed E-state index contributed by atoms with van der Waals surface area (Å²) in [5.74, 6) is -2.04. The largest absolute Gasteiger partial charge is 0.418 e. The summed E-state index contributed by atoms with van der Waals surface area (Å²) in [6.45, 7) is 3.47. The van der Waals surface area contributed by atoms with Gasteiger partial charge in [0.2, 0.25) is 17.8 Å². The maximum atomic E-state index is 13.3. The molecule has 1 fully saturated rings. The number of amides is 2. The van der Waals surface area contributed by atoms with Gasteiger partial charge in [0.15, 0.2) is 0 Å². The van der Waals surface area contributed by atoms with Crippen molar-refractivity contribution in [1.29, 1.82) is 0 Å². The highest BCUT2D eigenvalue weighted by atomic mass is 19.4. The monoisotopic (exact) mass is 449 g/mol. The Balaban J connectivity index is 1.66. The highest BCUT2D eigenvalue weighted by Crippen LogP contribution is 2.36. The number of H-pyrrole nitrogens is 1. The fourth-order valence-corrected chi connectivity index (χ4v) is 4.17. The van der Waals surface area contributed by atoms with Crippen LogP contribution in [-0.4, -0.2) is 34.9 Å². The highest BCUT2D eigenvalue weighted by Gasteiger charge is 2.38. The van der Waals surface area contributed by atoms with Gasteiger partial charge in [0.25, 0.3) is 5.56 Å². The van der Waals surface area contributed by atoms with E-state index in [0.29, 0.717) is 25.0 Å². The third-order valence-corrected chi connectivity index (χ3v) is 5.70. The zero-order valence-electron chi connectivity index (χ0n) is 17.3. The lowest BCUT2D eigenvalue weighted by atomic mass is 9.92. The lowest BCUT2D eigenvalue weighted by Gasteiger charge is -2.32. The van der Waals surface area contributed by atoms with E-state index in [1.165, 1.54) is 12.1 Å². The summed E-state index contributed by atoms with van der Waals surface area (Å²) in [4.78, 5) is 46.9. The van der Waals surface area contributed by atoms with Crippen LogP contribution >= 0.6 is 0 Å². The number of carbonyl (C=O) groups excluding carboxylic acids is 2. The molecule has 1 aromatic carbocycles. The first-order valence-electron chi connectivity index (χ1n) is 10.3. The van der Waals surface area contributed by atoms with Gasteiger partial charge in [-0.2, -0.15) is 18.2 Å². The Morgan fingerprint density at radius 2 is 2.00 bits per heavy atom. The molecule has 0 unspecified atom stereocenters. The van der Waals surface area contributed by atoms with Crippen molar-refractivity contribution < 1.29 is 22.8 Å². The number of carbonyl (C=O) groups is 2. The number of halogens is 3. The van der Waals surface area contributed by atoms with E-state index in [9.17, 15) is 27.6 Å². The molecule has 2 aliphatic rings. The van der Waals surface area contributed by atoms with Crippen LogP contribution in [0.4, 0.5) is 30.6 Å². The Morgan fingerprint density at radius 1 is 1.25 bits per heavy atom. The second-order valence-corrected chi connectivity index (χ2v) is 8.18. The molecule has 3 N–H and O–H groups in total. The van der Waals surface area contributed by atoms with Crippen LogP contribution in [0, 0.1) is 5.92 Å². The van der Waals surface area contributed by atoms with Crippen molar-refractivity contribution >= 4 is 29.3 Å². The molecule has 3 heterocycles. The second kappa shape index (κ2) is 8.29. The standard InChI is InChI=1S/C21H22F3N5O3/c1-11-5-4-8-29(10-11)20-27-17-16(19(32)28-20)12(9-15(30)26-17)18(31)25-14-7-3-2-6-13(14)21(22,23)24/h2-3,6-7,11-12H,4-5,8-10H2,1H3,(H,25,31)(H2,26,27,28,30,32)/t11-,12-/m1/s1. The van der Waals surface area contributed by atoms with Gasteiger partial charge in [-0.05, 0) is 30.9 Å². The van der Waals surface area contributed by atoms with Gasteiger partial charge in [0.1, 0.15) is 5.82 Å². The number of para-hydroxylation sites is 1. The van der Waals surface area contributed by atoms with E-state index >= 15 is 0 Å². The Morgan fingerprint density at radius 3 is 2.72 bits per heavy atom. The van der Waals surface area contributed by atoms with Gasteiger partial charge in [-0.15, -0.1) is 0 Å². The summed E-state index contributed by atoms with van der Waals surface area (Å²) in [7, 11) is 0. The number of alkyl halides is 3. The van der Waals surface area contributed by atoms with Gasteiger partial charge >= 0.3 is 6.18 Å². The molecule has 2 atom stereocenters. The molecule has 4 rings (SSSR count). The number of hydrogen-bond acceptors (Lipinski definition) is 5. The van der Waals surface area contributed by atoms with Gasteiger partial charge < -0.3 is 15.5 Å². The number of nitrogens with zero attached hydrogens (tertiary/aromatic N) is 2. The van der Waals surface area contributed by atoms with E-state index in [2.05, 4.69) is 27.5 Å². The Kier molecular flexibility index (Phi) is 5.66. The molecule has 2 aromatic rings. The molecule has 170 valence electrons. The van der Waals surface area contributed by atoms with Crippen LogP contribution in [0.25, 0.3) is 0 Å². The van der Waals surface area contributed by atoms with Crippen molar-refractivity contribution in [2.75, 3.05) is 28.6 Å². The SMILES string of the molecule is C[C@@H]1CCCN(c2nc3c(c(=O)[nH]2)[C@H](C(=O)Nc2ccccc2C(F)(F)F)CC(=O)N3)C1. The van der Waals surface area contributed by atoms with E-state index in [1.54, 1.807) is 0 Å². The number of aromatic nitrogens is 2. The van der Waals surface area contributed by atoms with Crippen LogP contribution in [-0.2, 0) is 15.8 Å².